The van der Waals surface area contributed by atoms with Crippen molar-refractivity contribution in [1.82, 2.24) is 4.90 Å². The zero-order valence-corrected chi connectivity index (χ0v) is 11.8. The van der Waals surface area contributed by atoms with Crippen LogP contribution in [-0.4, -0.2) is 40.1 Å². The molecule has 5 heteroatoms. The summed E-state index contributed by atoms with van der Waals surface area (Å²) in [5, 5.41) is 18.8. The van der Waals surface area contributed by atoms with Gasteiger partial charge < -0.3 is 15.1 Å². The van der Waals surface area contributed by atoms with E-state index in [0.29, 0.717) is 6.42 Å². The second kappa shape index (κ2) is 7.65. The lowest BCUT2D eigenvalue weighted by Gasteiger charge is -2.29. The summed E-state index contributed by atoms with van der Waals surface area (Å²) in [4.78, 5) is 23.8. The molecule has 2 unspecified atom stereocenters. The van der Waals surface area contributed by atoms with Gasteiger partial charge in [-0.15, -0.1) is 0 Å². The van der Waals surface area contributed by atoms with Crippen molar-refractivity contribution in [3.05, 3.63) is 35.9 Å². The van der Waals surface area contributed by atoms with Gasteiger partial charge in [0, 0.05) is 19.9 Å². The number of aliphatic carboxylic acids is 1. The molecule has 2 N–H and O–H groups in total. The van der Waals surface area contributed by atoms with E-state index in [0.717, 1.165) is 5.56 Å². The lowest BCUT2D eigenvalue weighted by Crippen LogP contribution is -2.39. The molecule has 5 nitrogen and oxygen atoms in total. The number of carboxylic acids is 1. The number of aliphatic hydroxyl groups excluding tert-OH is 1. The van der Waals surface area contributed by atoms with Crippen molar-refractivity contribution in [3.8, 4) is 0 Å². The normalized spacial score (nSPS) is 13.6. The third-order valence-corrected chi connectivity index (χ3v) is 3.38. The average molecular weight is 279 g/mol. The first-order valence-electron chi connectivity index (χ1n) is 6.64. The van der Waals surface area contributed by atoms with Gasteiger partial charge in [-0.1, -0.05) is 30.3 Å². The first-order chi connectivity index (χ1) is 9.43. The molecule has 0 spiro atoms. The van der Waals surface area contributed by atoms with Gasteiger partial charge in [0.15, 0.2) is 0 Å². The molecule has 0 aliphatic rings. The third-order valence-electron chi connectivity index (χ3n) is 3.38. The lowest BCUT2D eigenvalue weighted by molar-refractivity contribution is -0.137. The van der Waals surface area contributed by atoms with E-state index in [-0.39, 0.29) is 24.8 Å². The molecule has 0 aromatic heterocycles. The van der Waals surface area contributed by atoms with Crippen molar-refractivity contribution in [1.29, 1.82) is 0 Å². The van der Waals surface area contributed by atoms with Gasteiger partial charge in [-0.2, -0.15) is 0 Å². The molecule has 1 amide bonds. The molecule has 1 aromatic rings. The molecule has 2 atom stereocenters. The summed E-state index contributed by atoms with van der Waals surface area (Å²) in [5.41, 5.74) is 0.755. The lowest BCUT2D eigenvalue weighted by atomic mass is 10.0. The molecule has 0 aliphatic heterocycles. The smallest absolute Gasteiger partial charge is 0.303 e. The van der Waals surface area contributed by atoms with Gasteiger partial charge in [0.2, 0.25) is 5.91 Å². The Morgan fingerprint density at radius 2 is 1.80 bits per heavy atom. The van der Waals surface area contributed by atoms with Crippen molar-refractivity contribution in [2.75, 3.05) is 7.05 Å². The van der Waals surface area contributed by atoms with Crippen LogP contribution in [0.4, 0.5) is 0 Å². The van der Waals surface area contributed by atoms with Crippen LogP contribution in [0.25, 0.3) is 0 Å². The van der Waals surface area contributed by atoms with Crippen LogP contribution in [0.5, 0.6) is 0 Å². The summed E-state index contributed by atoms with van der Waals surface area (Å²) in [6, 6.07) is 8.78. The number of nitrogens with zero attached hydrogens (tertiary/aromatic N) is 1. The minimum Gasteiger partial charge on any atom is -0.481 e. The number of likely N-dealkylation sites (N-methyl/N-ethyl adjacent to an activating group) is 1. The van der Waals surface area contributed by atoms with Gasteiger partial charge in [-0.25, -0.2) is 0 Å². The fourth-order valence-corrected chi connectivity index (χ4v) is 1.93. The number of amides is 1. The SMILES string of the molecule is CC(C(O)c1ccccc1)N(C)C(=O)CCCC(=O)O. The molecular weight excluding hydrogens is 258 g/mol. The molecule has 0 bridgehead atoms. The fraction of sp³-hybridized carbons (Fsp3) is 0.467. The molecule has 1 rings (SSSR count). The maximum atomic E-state index is 11.9. The highest BCUT2D eigenvalue weighted by molar-refractivity contribution is 5.77. The highest BCUT2D eigenvalue weighted by Gasteiger charge is 2.23. The Kier molecular flexibility index (Phi) is 6.18. The van der Waals surface area contributed by atoms with Crippen molar-refractivity contribution in [3.63, 3.8) is 0 Å². The molecular formula is C15H21NO4. The molecule has 0 heterocycles. The standard InChI is InChI=1S/C15H21NO4/c1-11(15(20)12-7-4-3-5-8-12)16(2)13(17)9-6-10-14(18)19/h3-5,7-8,11,15,20H,6,9-10H2,1-2H3,(H,18,19). The van der Waals surface area contributed by atoms with Gasteiger partial charge in [0.05, 0.1) is 12.1 Å². The van der Waals surface area contributed by atoms with Gasteiger partial charge in [-0.3, -0.25) is 9.59 Å². The number of aliphatic hydroxyl groups is 1. The zero-order chi connectivity index (χ0) is 15.1. The molecule has 0 fully saturated rings. The van der Waals surface area contributed by atoms with Crippen molar-refractivity contribution >= 4 is 11.9 Å². The minimum absolute atomic E-state index is 0.0187. The maximum Gasteiger partial charge on any atom is 0.303 e. The van der Waals surface area contributed by atoms with E-state index in [1.807, 2.05) is 30.3 Å². The molecule has 110 valence electrons. The molecule has 1 aromatic carbocycles. The summed E-state index contributed by atoms with van der Waals surface area (Å²) in [5.74, 6) is -1.06. The second-order valence-corrected chi connectivity index (χ2v) is 4.85. The summed E-state index contributed by atoms with van der Waals surface area (Å²) >= 11 is 0. The van der Waals surface area contributed by atoms with E-state index in [1.165, 1.54) is 4.90 Å². The largest absolute Gasteiger partial charge is 0.481 e. The number of hydrogen-bond acceptors (Lipinski definition) is 3. The number of hydrogen-bond donors (Lipinski definition) is 2. The van der Waals surface area contributed by atoms with E-state index >= 15 is 0 Å². The topological polar surface area (TPSA) is 77.8 Å². The Labute approximate surface area is 118 Å². The highest BCUT2D eigenvalue weighted by atomic mass is 16.4. The second-order valence-electron chi connectivity index (χ2n) is 4.85. The first kappa shape index (κ1) is 16.2. The van der Waals surface area contributed by atoms with E-state index in [2.05, 4.69) is 0 Å². The van der Waals surface area contributed by atoms with E-state index in [4.69, 9.17) is 5.11 Å². The highest BCUT2D eigenvalue weighted by Crippen LogP contribution is 2.20. The summed E-state index contributed by atoms with van der Waals surface area (Å²) in [7, 11) is 1.62. The Balaban J connectivity index is 2.55. The first-order valence-corrected chi connectivity index (χ1v) is 6.64. The molecule has 0 saturated carbocycles. The molecule has 0 aliphatic carbocycles. The van der Waals surface area contributed by atoms with Crippen LogP contribution in [0.2, 0.25) is 0 Å². The van der Waals surface area contributed by atoms with Crippen LogP contribution in [0, 0.1) is 0 Å². The summed E-state index contributed by atoms with van der Waals surface area (Å²) < 4.78 is 0. The number of carbonyl (C=O) groups excluding carboxylic acids is 1. The van der Waals surface area contributed by atoms with Crippen LogP contribution < -0.4 is 0 Å². The monoisotopic (exact) mass is 279 g/mol. The Morgan fingerprint density at radius 3 is 2.35 bits per heavy atom. The number of rotatable bonds is 7. The van der Waals surface area contributed by atoms with Crippen LogP contribution >= 0.6 is 0 Å². The summed E-state index contributed by atoms with van der Waals surface area (Å²) in [6.45, 7) is 1.77. The van der Waals surface area contributed by atoms with Crippen LogP contribution in [0.1, 0.15) is 37.9 Å². The minimum atomic E-state index is -0.905. The number of benzene rings is 1. The average Bonchev–Trinajstić information content (AvgIpc) is 2.45. The summed E-state index contributed by atoms with van der Waals surface area (Å²) in [6.07, 6.45) is -0.291. The van der Waals surface area contributed by atoms with Gasteiger partial charge >= 0.3 is 5.97 Å². The van der Waals surface area contributed by atoms with Crippen molar-refractivity contribution < 1.29 is 19.8 Å². The third kappa shape index (κ3) is 4.66. The van der Waals surface area contributed by atoms with Gasteiger partial charge in [0.1, 0.15) is 0 Å². The molecule has 20 heavy (non-hydrogen) atoms. The van der Waals surface area contributed by atoms with Crippen LogP contribution in [-0.2, 0) is 9.59 Å². The van der Waals surface area contributed by atoms with Gasteiger partial charge in [0.25, 0.3) is 0 Å². The van der Waals surface area contributed by atoms with E-state index in [9.17, 15) is 14.7 Å². The Hall–Kier alpha value is -1.88. The quantitative estimate of drug-likeness (QED) is 0.798. The fourth-order valence-electron chi connectivity index (χ4n) is 1.93. The Bertz CT molecular complexity index is 446. The number of carbonyl (C=O) groups is 2. The van der Waals surface area contributed by atoms with E-state index in [1.54, 1.807) is 14.0 Å². The zero-order valence-electron chi connectivity index (χ0n) is 11.8. The molecule has 0 radical (unpaired) electrons. The van der Waals surface area contributed by atoms with Crippen molar-refractivity contribution in [2.24, 2.45) is 0 Å². The number of carboxylic acid groups (broad SMARTS) is 1. The van der Waals surface area contributed by atoms with Crippen molar-refractivity contribution in [2.45, 2.75) is 38.3 Å². The maximum absolute atomic E-state index is 11.9. The van der Waals surface area contributed by atoms with Crippen LogP contribution in [0.3, 0.4) is 0 Å². The molecule has 0 saturated heterocycles. The van der Waals surface area contributed by atoms with Crippen LogP contribution in [0.15, 0.2) is 30.3 Å². The van der Waals surface area contributed by atoms with E-state index < -0.39 is 12.1 Å². The predicted octanol–water partition coefficient (Wildman–Crippen LogP) is 1.82. The Morgan fingerprint density at radius 1 is 1.20 bits per heavy atom. The van der Waals surface area contributed by atoms with Gasteiger partial charge in [-0.05, 0) is 18.9 Å². The predicted molar refractivity (Wildman–Crippen MR) is 75.1 cm³/mol.